The van der Waals surface area contributed by atoms with Crippen LogP contribution in [-0.4, -0.2) is 33.3 Å². The second-order valence-electron chi connectivity index (χ2n) is 7.64. The second kappa shape index (κ2) is 6.28. The first-order valence-electron chi connectivity index (χ1n) is 7.89. The number of rotatable bonds is 6. The monoisotopic (exact) mass is 308 g/mol. The fraction of sp³-hybridized carbons (Fsp3) is 0.750. The molecule has 1 amide bonds. The summed E-state index contributed by atoms with van der Waals surface area (Å²) in [6, 6.07) is 0.632. The number of ether oxygens (including phenoxy) is 1. The van der Waals surface area contributed by atoms with Crippen molar-refractivity contribution in [1.29, 1.82) is 0 Å². The van der Waals surface area contributed by atoms with E-state index in [1.165, 1.54) is 18.5 Å². The first-order valence-corrected chi connectivity index (χ1v) is 7.89. The van der Waals surface area contributed by atoms with Gasteiger partial charge in [-0.2, -0.15) is 0 Å². The van der Waals surface area contributed by atoms with Gasteiger partial charge < -0.3 is 19.9 Å². The molecule has 2 N–H and O–H groups in total. The van der Waals surface area contributed by atoms with Crippen molar-refractivity contribution in [3.8, 4) is 0 Å². The highest BCUT2D eigenvalue weighted by Gasteiger charge is 2.26. The van der Waals surface area contributed by atoms with Crippen LogP contribution in [0.1, 0.15) is 59.2 Å². The van der Waals surface area contributed by atoms with E-state index in [2.05, 4.69) is 20.2 Å². The molecule has 22 heavy (non-hydrogen) atoms. The third-order valence-corrected chi connectivity index (χ3v) is 3.40. The van der Waals surface area contributed by atoms with E-state index in [1.807, 2.05) is 47.1 Å². The lowest BCUT2D eigenvalue weighted by Gasteiger charge is -2.29. The Hall–Kier alpha value is -1.56. The molecule has 1 fully saturated rings. The summed E-state index contributed by atoms with van der Waals surface area (Å²) in [5, 5.41) is 6.28. The Labute approximate surface area is 132 Å². The van der Waals surface area contributed by atoms with E-state index >= 15 is 0 Å². The maximum atomic E-state index is 11.8. The minimum atomic E-state index is -0.482. The van der Waals surface area contributed by atoms with E-state index in [1.54, 1.807) is 0 Å². The van der Waals surface area contributed by atoms with Gasteiger partial charge in [-0.15, -0.1) is 0 Å². The number of nitrogens with zero attached hydrogens (tertiary/aromatic N) is 2. The van der Waals surface area contributed by atoms with Gasteiger partial charge in [0.25, 0.3) is 0 Å². The molecule has 0 saturated heterocycles. The maximum Gasteiger partial charge on any atom is 0.408 e. The van der Waals surface area contributed by atoms with Crippen molar-refractivity contribution in [2.24, 2.45) is 0 Å². The number of hydrogen-bond donors (Lipinski definition) is 2. The average Bonchev–Trinajstić information content (AvgIpc) is 3.06. The summed E-state index contributed by atoms with van der Waals surface area (Å²) in [6.07, 6.45) is 5.91. The average molecular weight is 308 g/mol. The highest BCUT2D eigenvalue weighted by molar-refractivity contribution is 5.68. The van der Waals surface area contributed by atoms with Gasteiger partial charge in [-0.3, -0.25) is 0 Å². The molecule has 0 bridgehead atoms. The molecule has 6 nitrogen and oxygen atoms in total. The predicted molar refractivity (Wildman–Crippen MR) is 85.7 cm³/mol. The molecule has 1 aromatic rings. The van der Waals surface area contributed by atoms with Crippen molar-refractivity contribution in [3.05, 3.63) is 18.2 Å². The number of aromatic nitrogens is 2. The fourth-order valence-electron chi connectivity index (χ4n) is 2.28. The quantitative estimate of drug-likeness (QED) is 0.847. The molecule has 1 saturated carbocycles. The molecule has 0 atom stereocenters. The summed E-state index contributed by atoms with van der Waals surface area (Å²) in [5.74, 6) is 0. The molecule has 1 heterocycles. The molecule has 1 aliphatic rings. The van der Waals surface area contributed by atoms with Crippen LogP contribution in [0.25, 0.3) is 0 Å². The minimum Gasteiger partial charge on any atom is -0.444 e. The van der Waals surface area contributed by atoms with Crippen LogP contribution in [0.15, 0.2) is 12.5 Å². The molecular weight excluding hydrogens is 280 g/mol. The number of alkyl carbamates (subject to hydrolysis) is 1. The zero-order valence-corrected chi connectivity index (χ0v) is 14.3. The van der Waals surface area contributed by atoms with Crippen molar-refractivity contribution in [2.75, 3.05) is 6.54 Å². The highest BCUT2D eigenvalue weighted by Crippen LogP contribution is 2.35. The molecule has 0 aromatic carbocycles. The number of imidazole rings is 1. The first kappa shape index (κ1) is 16.8. The van der Waals surface area contributed by atoms with Crippen LogP contribution in [0, 0.1) is 0 Å². The molecule has 0 radical (unpaired) electrons. The van der Waals surface area contributed by atoms with Crippen molar-refractivity contribution in [1.82, 2.24) is 20.2 Å². The predicted octanol–water partition coefficient (Wildman–Crippen LogP) is 2.61. The van der Waals surface area contributed by atoms with Crippen LogP contribution in [0.2, 0.25) is 0 Å². The van der Waals surface area contributed by atoms with Crippen LogP contribution < -0.4 is 10.6 Å². The number of nitrogens with one attached hydrogen (secondary N) is 2. The van der Waals surface area contributed by atoms with Gasteiger partial charge in [0.2, 0.25) is 0 Å². The Balaban J connectivity index is 1.77. The normalized spacial score (nSPS) is 15.7. The third kappa shape index (κ3) is 5.33. The van der Waals surface area contributed by atoms with E-state index in [9.17, 15) is 4.79 Å². The maximum absolute atomic E-state index is 11.8. The van der Waals surface area contributed by atoms with Gasteiger partial charge in [-0.25, -0.2) is 9.78 Å². The SMILES string of the molecule is CC(C)(CNCc1cncn1C1CC1)NC(=O)OC(C)(C)C. The molecule has 124 valence electrons. The van der Waals surface area contributed by atoms with Crippen LogP contribution >= 0.6 is 0 Å². The lowest BCUT2D eigenvalue weighted by atomic mass is 10.1. The Kier molecular flexibility index (Phi) is 4.80. The van der Waals surface area contributed by atoms with E-state index in [4.69, 9.17) is 4.74 Å². The van der Waals surface area contributed by atoms with Crippen LogP contribution in [0.4, 0.5) is 4.79 Å². The van der Waals surface area contributed by atoms with Gasteiger partial charge >= 0.3 is 6.09 Å². The van der Waals surface area contributed by atoms with Gasteiger partial charge in [0, 0.05) is 25.3 Å². The number of carbonyl (C=O) groups is 1. The summed E-state index contributed by atoms with van der Waals surface area (Å²) >= 11 is 0. The zero-order valence-electron chi connectivity index (χ0n) is 14.3. The summed E-state index contributed by atoms with van der Waals surface area (Å²) in [6.45, 7) is 10.9. The number of carbonyl (C=O) groups excluding carboxylic acids is 1. The Bertz CT molecular complexity index is 512. The van der Waals surface area contributed by atoms with Crippen molar-refractivity contribution < 1.29 is 9.53 Å². The van der Waals surface area contributed by atoms with Gasteiger partial charge in [-0.1, -0.05) is 0 Å². The Morgan fingerprint density at radius 2 is 2.05 bits per heavy atom. The van der Waals surface area contributed by atoms with Gasteiger partial charge in [0.15, 0.2) is 0 Å². The second-order valence-corrected chi connectivity index (χ2v) is 7.64. The fourth-order valence-corrected chi connectivity index (χ4v) is 2.28. The molecule has 0 unspecified atom stereocenters. The highest BCUT2D eigenvalue weighted by atomic mass is 16.6. The van der Waals surface area contributed by atoms with E-state index in [0.29, 0.717) is 12.6 Å². The lowest BCUT2D eigenvalue weighted by molar-refractivity contribution is 0.0472. The lowest BCUT2D eigenvalue weighted by Crippen LogP contribution is -2.51. The van der Waals surface area contributed by atoms with Crippen molar-refractivity contribution in [2.45, 2.75) is 71.2 Å². The summed E-state index contributed by atoms with van der Waals surface area (Å²) < 4.78 is 7.53. The molecule has 0 aliphatic heterocycles. The minimum absolute atomic E-state index is 0.382. The van der Waals surface area contributed by atoms with Gasteiger partial charge in [0.1, 0.15) is 5.60 Å². The molecular formula is C16H28N4O2. The Morgan fingerprint density at radius 3 is 2.64 bits per heavy atom. The zero-order chi connectivity index (χ0) is 16.4. The van der Waals surface area contributed by atoms with Gasteiger partial charge in [-0.05, 0) is 47.5 Å². The van der Waals surface area contributed by atoms with Crippen LogP contribution in [0.5, 0.6) is 0 Å². The van der Waals surface area contributed by atoms with E-state index in [0.717, 1.165) is 6.54 Å². The first-order chi connectivity index (χ1) is 10.2. The molecule has 2 rings (SSSR count). The molecule has 6 heteroatoms. The largest absolute Gasteiger partial charge is 0.444 e. The summed E-state index contributed by atoms with van der Waals surface area (Å²) in [4.78, 5) is 16.1. The molecule has 1 aliphatic carbocycles. The topological polar surface area (TPSA) is 68.2 Å². The van der Waals surface area contributed by atoms with Gasteiger partial charge in [0.05, 0.1) is 17.6 Å². The van der Waals surface area contributed by atoms with Crippen molar-refractivity contribution in [3.63, 3.8) is 0 Å². The van der Waals surface area contributed by atoms with E-state index < -0.39 is 5.60 Å². The Morgan fingerprint density at radius 1 is 1.36 bits per heavy atom. The van der Waals surface area contributed by atoms with Crippen molar-refractivity contribution >= 4 is 6.09 Å². The van der Waals surface area contributed by atoms with E-state index in [-0.39, 0.29) is 11.6 Å². The summed E-state index contributed by atoms with van der Waals surface area (Å²) in [7, 11) is 0. The molecule has 0 spiro atoms. The number of amides is 1. The number of hydrogen-bond acceptors (Lipinski definition) is 4. The van der Waals surface area contributed by atoms with Crippen LogP contribution in [-0.2, 0) is 11.3 Å². The smallest absolute Gasteiger partial charge is 0.408 e. The third-order valence-electron chi connectivity index (χ3n) is 3.40. The van der Waals surface area contributed by atoms with Crippen LogP contribution in [0.3, 0.4) is 0 Å². The standard InChI is InChI=1S/C16H28N4O2/c1-15(2,3)22-14(21)19-16(4,5)10-17-8-13-9-18-11-20(13)12-6-7-12/h9,11-12,17H,6-8,10H2,1-5H3,(H,19,21). The summed E-state index contributed by atoms with van der Waals surface area (Å²) in [5.41, 5.74) is 0.326. The molecule has 1 aromatic heterocycles.